The van der Waals surface area contributed by atoms with Crippen molar-refractivity contribution in [3.05, 3.63) is 35.9 Å². The lowest BCUT2D eigenvalue weighted by Gasteiger charge is -2.40. The van der Waals surface area contributed by atoms with E-state index in [9.17, 15) is 4.79 Å². The first kappa shape index (κ1) is 17.3. The number of hydrogen-bond acceptors (Lipinski definition) is 3. The highest BCUT2D eigenvalue weighted by Gasteiger charge is 2.31. The molecule has 5 heteroatoms. The molecule has 2 aliphatic heterocycles. The van der Waals surface area contributed by atoms with Gasteiger partial charge in [0.1, 0.15) is 0 Å². The van der Waals surface area contributed by atoms with Crippen molar-refractivity contribution in [1.82, 2.24) is 15.1 Å². The molecule has 2 fully saturated rings. The first-order chi connectivity index (χ1) is 10.2. The van der Waals surface area contributed by atoms with Crippen LogP contribution in [-0.4, -0.2) is 55.0 Å². The first-order valence-corrected chi connectivity index (χ1v) is 8.00. The molecular weight excluding hydrogens is 298 g/mol. The van der Waals surface area contributed by atoms with Gasteiger partial charge in [-0.2, -0.15) is 0 Å². The third-order valence-electron chi connectivity index (χ3n) is 4.67. The Bertz CT molecular complexity index is 476. The summed E-state index contributed by atoms with van der Waals surface area (Å²) in [4.78, 5) is 17.1. The summed E-state index contributed by atoms with van der Waals surface area (Å²) >= 11 is 0. The maximum absolute atomic E-state index is 12.7. The highest BCUT2D eigenvalue weighted by molar-refractivity contribution is 5.85. The molecule has 0 saturated carbocycles. The number of piperazine rings is 1. The zero-order valence-corrected chi connectivity index (χ0v) is 14.0. The second-order valence-corrected chi connectivity index (χ2v) is 6.27. The summed E-state index contributed by atoms with van der Waals surface area (Å²) < 4.78 is 0. The van der Waals surface area contributed by atoms with E-state index in [4.69, 9.17) is 0 Å². The molecule has 1 amide bonds. The average Bonchev–Trinajstić information content (AvgIpc) is 3.01. The van der Waals surface area contributed by atoms with E-state index in [1.807, 2.05) is 6.07 Å². The summed E-state index contributed by atoms with van der Waals surface area (Å²) in [6, 6.07) is 11.0. The maximum Gasteiger partial charge on any atom is 0.224 e. The van der Waals surface area contributed by atoms with Crippen molar-refractivity contribution in [1.29, 1.82) is 0 Å². The summed E-state index contributed by atoms with van der Waals surface area (Å²) in [7, 11) is 2.14. The van der Waals surface area contributed by atoms with Gasteiger partial charge in [0.25, 0.3) is 0 Å². The van der Waals surface area contributed by atoms with Gasteiger partial charge in [-0.3, -0.25) is 4.79 Å². The lowest BCUT2D eigenvalue weighted by molar-refractivity contribution is -0.136. The van der Waals surface area contributed by atoms with Crippen molar-refractivity contribution in [2.24, 2.45) is 0 Å². The summed E-state index contributed by atoms with van der Waals surface area (Å²) in [6.45, 7) is 3.78. The summed E-state index contributed by atoms with van der Waals surface area (Å²) in [6.07, 6.45) is 2.98. The standard InChI is InChI=1S/C17H25N3O.ClH/c1-19-10-11-20(17(21)12-15-8-5-9-18-15)16(13-19)14-6-3-2-4-7-14;/h2-4,6-7,15-16,18H,5,8-13H2,1H3;1H. The molecule has 2 atom stereocenters. The van der Waals surface area contributed by atoms with Crippen molar-refractivity contribution in [3.63, 3.8) is 0 Å². The fourth-order valence-electron chi connectivity index (χ4n) is 3.44. The molecule has 2 heterocycles. The van der Waals surface area contributed by atoms with Gasteiger partial charge in [-0.15, -0.1) is 12.4 Å². The minimum atomic E-state index is 0. The quantitative estimate of drug-likeness (QED) is 0.925. The zero-order chi connectivity index (χ0) is 14.7. The number of amides is 1. The molecule has 0 aromatic heterocycles. The van der Waals surface area contributed by atoms with Crippen LogP contribution in [0.4, 0.5) is 0 Å². The Hall–Kier alpha value is -1.10. The number of likely N-dealkylation sites (N-methyl/N-ethyl adjacent to an activating group) is 1. The minimum absolute atomic E-state index is 0. The second kappa shape index (κ2) is 7.95. The molecule has 2 unspecified atom stereocenters. The normalized spacial score (nSPS) is 25.8. The van der Waals surface area contributed by atoms with E-state index in [-0.39, 0.29) is 18.4 Å². The van der Waals surface area contributed by atoms with Crippen LogP contribution in [-0.2, 0) is 4.79 Å². The molecule has 2 saturated heterocycles. The van der Waals surface area contributed by atoms with Crippen molar-refractivity contribution >= 4 is 18.3 Å². The average molecular weight is 324 g/mol. The molecular formula is C17H26ClN3O. The largest absolute Gasteiger partial charge is 0.333 e. The van der Waals surface area contributed by atoms with Gasteiger partial charge in [0.05, 0.1) is 6.04 Å². The van der Waals surface area contributed by atoms with Gasteiger partial charge in [-0.1, -0.05) is 30.3 Å². The van der Waals surface area contributed by atoms with Crippen LogP contribution < -0.4 is 5.32 Å². The maximum atomic E-state index is 12.7. The fraction of sp³-hybridized carbons (Fsp3) is 0.588. The molecule has 3 rings (SSSR count). The number of benzene rings is 1. The van der Waals surface area contributed by atoms with Gasteiger partial charge in [-0.05, 0) is 32.0 Å². The molecule has 1 N–H and O–H groups in total. The smallest absolute Gasteiger partial charge is 0.224 e. The Morgan fingerprint density at radius 3 is 2.73 bits per heavy atom. The molecule has 22 heavy (non-hydrogen) atoms. The van der Waals surface area contributed by atoms with E-state index in [0.717, 1.165) is 32.6 Å². The van der Waals surface area contributed by atoms with Crippen LogP contribution in [0.25, 0.3) is 0 Å². The molecule has 0 aliphatic carbocycles. The SMILES string of the molecule is CN1CCN(C(=O)CC2CCCN2)C(c2ccccc2)C1.Cl. The predicted molar refractivity (Wildman–Crippen MR) is 91.3 cm³/mol. The molecule has 2 aliphatic rings. The van der Waals surface area contributed by atoms with Crippen LogP contribution in [0.2, 0.25) is 0 Å². The third kappa shape index (κ3) is 4.00. The van der Waals surface area contributed by atoms with Gasteiger partial charge in [0.15, 0.2) is 0 Å². The van der Waals surface area contributed by atoms with E-state index in [2.05, 4.69) is 46.4 Å². The van der Waals surface area contributed by atoms with Crippen LogP contribution in [0.1, 0.15) is 30.9 Å². The van der Waals surface area contributed by atoms with Crippen LogP contribution in [0.15, 0.2) is 30.3 Å². The number of carbonyl (C=O) groups excluding carboxylic acids is 1. The second-order valence-electron chi connectivity index (χ2n) is 6.27. The van der Waals surface area contributed by atoms with E-state index in [1.54, 1.807) is 0 Å². The van der Waals surface area contributed by atoms with Gasteiger partial charge < -0.3 is 15.1 Å². The van der Waals surface area contributed by atoms with Crippen LogP contribution in [0.3, 0.4) is 0 Å². The third-order valence-corrected chi connectivity index (χ3v) is 4.67. The minimum Gasteiger partial charge on any atom is -0.333 e. The van der Waals surface area contributed by atoms with Crippen molar-refractivity contribution in [2.75, 3.05) is 33.2 Å². The number of carbonyl (C=O) groups is 1. The molecule has 122 valence electrons. The van der Waals surface area contributed by atoms with E-state index in [1.165, 1.54) is 12.0 Å². The van der Waals surface area contributed by atoms with Crippen LogP contribution in [0.5, 0.6) is 0 Å². The summed E-state index contributed by atoms with van der Waals surface area (Å²) in [5, 5.41) is 3.43. The van der Waals surface area contributed by atoms with Gasteiger partial charge in [-0.25, -0.2) is 0 Å². The van der Waals surface area contributed by atoms with Crippen molar-refractivity contribution < 1.29 is 4.79 Å². The Balaban J connectivity index is 0.00000176. The Labute approximate surface area is 139 Å². The lowest BCUT2D eigenvalue weighted by Crippen LogP contribution is -2.50. The number of nitrogens with zero attached hydrogens (tertiary/aromatic N) is 2. The zero-order valence-electron chi connectivity index (χ0n) is 13.2. The lowest BCUT2D eigenvalue weighted by atomic mass is 10.0. The molecule has 1 aromatic carbocycles. The number of halogens is 1. The number of rotatable bonds is 3. The Morgan fingerprint density at radius 2 is 2.05 bits per heavy atom. The first-order valence-electron chi connectivity index (χ1n) is 8.00. The van der Waals surface area contributed by atoms with Gasteiger partial charge in [0.2, 0.25) is 5.91 Å². The van der Waals surface area contributed by atoms with Crippen LogP contribution >= 0.6 is 12.4 Å². The molecule has 4 nitrogen and oxygen atoms in total. The van der Waals surface area contributed by atoms with Crippen LogP contribution in [0, 0.1) is 0 Å². The molecule has 0 radical (unpaired) electrons. The molecule has 0 bridgehead atoms. The molecule has 1 aromatic rings. The predicted octanol–water partition coefficient (Wildman–Crippen LogP) is 2.07. The number of hydrogen-bond donors (Lipinski definition) is 1. The fourth-order valence-corrected chi connectivity index (χ4v) is 3.44. The molecule has 0 spiro atoms. The highest BCUT2D eigenvalue weighted by Crippen LogP contribution is 2.26. The summed E-state index contributed by atoms with van der Waals surface area (Å²) in [5.74, 6) is 0.302. The monoisotopic (exact) mass is 323 g/mol. The Kier molecular flexibility index (Phi) is 6.24. The van der Waals surface area contributed by atoms with Crippen molar-refractivity contribution in [3.8, 4) is 0 Å². The Morgan fingerprint density at radius 1 is 1.27 bits per heavy atom. The van der Waals surface area contributed by atoms with E-state index >= 15 is 0 Å². The number of nitrogens with one attached hydrogen (secondary N) is 1. The van der Waals surface area contributed by atoms with E-state index < -0.39 is 0 Å². The van der Waals surface area contributed by atoms with E-state index in [0.29, 0.717) is 18.4 Å². The topological polar surface area (TPSA) is 35.6 Å². The van der Waals surface area contributed by atoms with Crippen molar-refractivity contribution in [2.45, 2.75) is 31.3 Å². The highest BCUT2D eigenvalue weighted by atomic mass is 35.5. The van der Waals surface area contributed by atoms with Gasteiger partial charge >= 0.3 is 0 Å². The van der Waals surface area contributed by atoms with Gasteiger partial charge in [0, 0.05) is 32.1 Å². The summed E-state index contributed by atoms with van der Waals surface area (Å²) in [5.41, 5.74) is 1.25.